The molecule has 0 aromatic heterocycles. The maximum Gasteiger partial charge on any atom is 0.0674 e. The fourth-order valence-corrected chi connectivity index (χ4v) is 3.28. The van der Waals surface area contributed by atoms with Crippen LogP contribution in [0.4, 0.5) is 0 Å². The molecule has 5 nitrogen and oxygen atoms in total. The Labute approximate surface area is 136 Å². The van der Waals surface area contributed by atoms with Crippen molar-refractivity contribution in [3.63, 3.8) is 0 Å². The standard InChI is InChI=1S/C17H35N3O2/c1-14-12-21-16(3)10-19(14)8-6-18(5)7-9-20-11-17(4)22-13-15(20)2/h14-17H,6-13H2,1-5H3/t14-,15+,16+,17-. The maximum atomic E-state index is 5.70. The van der Waals surface area contributed by atoms with Crippen LogP contribution in [0.5, 0.6) is 0 Å². The Balaban J connectivity index is 1.66. The van der Waals surface area contributed by atoms with Crippen molar-refractivity contribution >= 4 is 0 Å². The van der Waals surface area contributed by atoms with Crippen LogP contribution in [-0.4, -0.2) is 98.5 Å². The quantitative estimate of drug-likeness (QED) is 0.733. The van der Waals surface area contributed by atoms with Gasteiger partial charge in [0, 0.05) is 51.4 Å². The van der Waals surface area contributed by atoms with E-state index in [1.165, 1.54) is 0 Å². The number of morpholine rings is 2. The van der Waals surface area contributed by atoms with E-state index in [0.717, 1.165) is 52.5 Å². The van der Waals surface area contributed by atoms with Crippen LogP contribution in [0.25, 0.3) is 0 Å². The third kappa shape index (κ3) is 5.46. The molecule has 2 rings (SSSR count). The lowest BCUT2D eigenvalue weighted by molar-refractivity contribution is -0.0552. The van der Waals surface area contributed by atoms with Crippen LogP contribution >= 0.6 is 0 Å². The third-order valence-electron chi connectivity index (χ3n) is 5.01. The van der Waals surface area contributed by atoms with Crippen molar-refractivity contribution in [2.24, 2.45) is 0 Å². The van der Waals surface area contributed by atoms with E-state index in [9.17, 15) is 0 Å². The fraction of sp³-hybridized carbons (Fsp3) is 1.00. The summed E-state index contributed by atoms with van der Waals surface area (Å²) in [4.78, 5) is 7.58. The molecule has 2 fully saturated rings. The number of likely N-dealkylation sites (N-methyl/N-ethyl adjacent to an activating group) is 1. The van der Waals surface area contributed by atoms with Crippen LogP contribution < -0.4 is 0 Å². The first-order chi connectivity index (χ1) is 10.5. The van der Waals surface area contributed by atoms with Gasteiger partial charge in [-0.2, -0.15) is 0 Å². The molecule has 130 valence electrons. The predicted octanol–water partition coefficient (Wildman–Crippen LogP) is 1.14. The van der Waals surface area contributed by atoms with E-state index in [4.69, 9.17) is 9.47 Å². The van der Waals surface area contributed by atoms with Crippen molar-refractivity contribution < 1.29 is 9.47 Å². The molecule has 0 N–H and O–H groups in total. The van der Waals surface area contributed by atoms with Gasteiger partial charge in [-0.15, -0.1) is 0 Å². The van der Waals surface area contributed by atoms with E-state index in [0.29, 0.717) is 24.3 Å². The van der Waals surface area contributed by atoms with Gasteiger partial charge in [0.05, 0.1) is 25.4 Å². The molecule has 2 aliphatic heterocycles. The first kappa shape index (κ1) is 18.1. The van der Waals surface area contributed by atoms with Gasteiger partial charge in [-0.25, -0.2) is 0 Å². The highest BCUT2D eigenvalue weighted by atomic mass is 16.5. The first-order valence-corrected chi connectivity index (χ1v) is 8.85. The second-order valence-corrected chi connectivity index (χ2v) is 7.28. The molecule has 4 atom stereocenters. The Hall–Kier alpha value is -0.200. The van der Waals surface area contributed by atoms with Gasteiger partial charge in [-0.1, -0.05) is 0 Å². The number of hydrogen-bond donors (Lipinski definition) is 0. The second kappa shape index (κ2) is 8.60. The lowest BCUT2D eigenvalue weighted by atomic mass is 10.2. The Kier molecular flexibility index (Phi) is 7.09. The smallest absolute Gasteiger partial charge is 0.0674 e. The van der Waals surface area contributed by atoms with Gasteiger partial charge in [0.15, 0.2) is 0 Å². The highest BCUT2D eigenvalue weighted by molar-refractivity contribution is 4.78. The summed E-state index contributed by atoms with van der Waals surface area (Å²) in [6, 6.07) is 1.09. The van der Waals surface area contributed by atoms with E-state index in [-0.39, 0.29) is 0 Å². The molecule has 22 heavy (non-hydrogen) atoms. The van der Waals surface area contributed by atoms with Crippen LogP contribution in [0.2, 0.25) is 0 Å². The summed E-state index contributed by atoms with van der Waals surface area (Å²) in [5, 5.41) is 0. The van der Waals surface area contributed by atoms with Crippen molar-refractivity contribution in [3.05, 3.63) is 0 Å². The molecule has 2 aliphatic rings. The molecule has 0 saturated carbocycles. The molecule has 0 amide bonds. The van der Waals surface area contributed by atoms with Crippen molar-refractivity contribution in [2.45, 2.75) is 52.0 Å². The van der Waals surface area contributed by atoms with E-state index in [2.05, 4.69) is 49.4 Å². The normalized spacial score (nSPS) is 35.2. The van der Waals surface area contributed by atoms with Gasteiger partial charge in [0.25, 0.3) is 0 Å². The predicted molar refractivity (Wildman–Crippen MR) is 90.4 cm³/mol. The minimum absolute atomic E-state index is 0.372. The zero-order valence-corrected chi connectivity index (χ0v) is 15.1. The van der Waals surface area contributed by atoms with Crippen molar-refractivity contribution in [2.75, 3.05) is 59.5 Å². The van der Waals surface area contributed by atoms with Crippen molar-refractivity contribution in [1.82, 2.24) is 14.7 Å². The molecule has 0 aromatic rings. The first-order valence-electron chi connectivity index (χ1n) is 8.85. The highest BCUT2D eigenvalue weighted by Gasteiger charge is 2.24. The highest BCUT2D eigenvalue weighted by Crippen LogP contribution is 2.12. The minimum Gasteiger partial charge on any atom is -0.376 e. The summed E-state index contributed by atoms with van der Waals surface area (Å²) in [6.45, 7) is 17.3. The summed E-state index contributed by atoms with van der Waals surface area (Å²) in [5.41, 5.74) is 0. The molecule has 2 heterocycles. The topological polar surface area (TPSA) is 28.2 Å². The van der Waals surface area contributed by atoms with E-state index in [1.54, 1.807) is 0 Å². The molecule has 0 spiro atoms. The van der Waals surface area contributed by atoms with Crippen molar-refractivity contribution in [1.29, 1.82) is 0 Å². The zero-order valence-electron chi connectivity index (χ0n) is 15.1. The van der Waals surface area contributed by atoms with E-state index >= 15 is 0 Å². The molecule has 0 unspecified atom stereocenters. The summed E-state index contributed by atoms with van der Waals surface area (Å²) in [5.74, 6) is 0. The second-order valence-electron chi connectivity index (χ2n) is 7.28. The van der Waals surface area contributed by atoms with Gasteiger partial charge < -0.3 is 14.4 Å². The number of nitrogens with zero attached hydrogens (tertiary/aromatic N) is 3. The van der Waals surface area contributed by atoms with Crippen LogP contribution in [0.3, 0.4) is 0 Å². The SMILES string of the molecule is C[C@@H]1CN(CCN(C)CCN2C[C@H](C)OC[C@H]2C)[C@@H](C)CO1. The van der Waals surface area contributed by atoms with Gasteiger partial charge in [-0.05, 0) is 34.7 Å². The monoisotopic (exact) mass is 313 g/mol. The van der Waals surface area contributed by atoms with Crippen LogP contribution in [-0.2, 0) is 9.47 Å². The Morgan fingerprint density at radius 3 is 1.64 bits per heavy atom. The molecule has 0 radical (unpaired) electrons. The Morgan fingerprint density at radius 2 is 1.23 bits per heavy atom. The molecule has 2 saturated heterocycles. The van der Waals surface area contributed by atoms with Crippen LogP contribution in [0.15, 0.2) is 0 Å². The third-order valence-corrected chi connectivity index (χ3v) is 5.01. The van der Waals surface area contributed by atoms with Gasteiger partial charge >= 0.3 is 0 Å². The fourth-order valence-electron chi connectivity index (χ4n) is 3.28. The molecule has 0 bridgehead atoms. The summed E-state index contributed by atoms with van der Waals surface area (Å²) in [7, 11) is 2.24. The number of ether oxygens (including phenoxy) is 2. The lowest BCUT2D eigenvalue weighted by Crippen LogP contribution is -2.51. The van der Waals surface area contributed by atoms with E-state index in [1.807, 2.05) is 0 Å². The van der Waals surface area contributed by atoms with Crippen molar-refractivity contribution in [3.8, 4) is 0 Å². The van der Waals surface area contributed by atoms with Crippen LogP contribution in [0.1, 0.15) is 27.7 Å². The number of hydrogen-bond acceptors (Lipinski definition) is 5. The van der Waals surface area contributed by atoms with E-state index < -0.39 is 0 Å². The molecular weight excluding hydrogens is 278 g/mol. The molecule has 0 aromatic carbocycles. The van der Waals surface area contributed by atoms with Gasteiger partial charge in [-0.3, -0.25) is 9.80 Å². The largest absolute Gasteiger partial charge is 0.376 e. The number of rotatable bonds is 6. The summed E-state index contributed by atoms with van der Waals surface area (Å²) < 4.78 is 11.4. The average molecular weight is 313 g/mol. The molecule has 5 heteroatoms. The van der Waals surface area contributed by atoms with Crippen LogP contribution in [0, 0.1) is 0 Å². The minimum atomic E-state index is 0.372. The Bertz CT molecular complexity index is 299. The zero-order chi connectivity index (χ0) is 16.1. The summed E-state index contributed by atoms with van der Waals surface area (Å²) >= 11 is 0. The average Bonchev–Trinajstić information content (AvgIpc) is 2.49. The summed E-state index contributed by atoms with van der Waals surface area (Å²) in [6.07, 6.45) is 0.745. The maximum absolute atomic E-state index is 5.70. The Morgan fingerprint density at radius 1 is 0.818 bits per heavy atom. The molecular formula is C17H35N3O2. The lowest BCUT2D eigenvalue weighted by Gasteiger charge is -2.39. The van der Waals surface area contributed by atoms with Gasteiger partial charge in [0.1, 0.15) is 0 Å². The molecule has 0 aliphatic carbocycles. The van der Waals surface area contributed by atoms with Gasteiger partial charge in [0.2, 0.25) is 0 Å².